The Hall–Kier alpha value is -2.53. The highest BCUT2D eigenvalue weighted by Gasteiger charge is 2.33. The Morgan fingerprint density at radius 2 is 1.69 bits per heavy atom. The smallest absolute Gasteiger partial charge is 0.481 e. The second kappa shape index (κ2) is 9.53. The van der Waals surface area contributed by atoms with Gasteiger partial charge in [-0.1, -0.05) is 0 Å². The van der Waals surface area contributed by atoms with Crippen molar-refractivity contribution in [3.8, 4) is 5.75 Å². The summed E-state index contributed by atoms with van der Waals surface area (Å²) in [6.45, 7) is 4.86. The summed E-state index contributed by atoms with van der Waals surface area (Å²) in [5.41, 5.74) is 0.238. The molecular weight excluding hydrogens is 455 g/mol. The number of aliphatic carboxylic acids is 1. The van der Waals surface area contributed by atoms with Gasteiger partial charge in [-0.25, -0.2) is 13.1 Å². The Bertz CT molecular complexity index is 959. The predicted octanol–water partition coefficient (Wildman–Crippen LogP) is 5.10. The minimum atomic E-state index is -4.76. The summed E-state index contributed by atoms with van der Waals surface area (Å²) in [5, 5.41) is 8.90. The van der Waals surface area contributed by atoms with Crippen LogP contribution in [-0.2, 0) is 11.2 Å². The van der Waals surface area contributed by atoms with Crippen LogP contribution < -0.4 is 9.64 Å². The third-order valence-electron chi connectivity index (χ3n) is 4.96. The highest BCUT2D eigenvalue weighted by molar-refractivity contribution is 7.97. The molecule has 0 amide bonds. The fraction of sp³-hybridized carbons (Fsp3) is 0.381. The van der Waals surface area contributed by atoms with E-state index in [0.717, 1.165) is 23.7 Å². The molecule has 3 rings (SSSR count). The highest BCUT2D eigenvalue weighted by atomic mass is 32.2. The van der Waals surface area contributed by atoms with E-state index in [1.165, 1.54) is 18.2 Å². The normalized spacial score (nSPS) is 19.8. The van der Waals surface area contributed by atoms with Gasteiger partial charge in [0.15, 0.2) is 0 Å². The number of benzene rings is 2. The molecule has 1 heterocycles. The molecule has 2 atom stereocenters. The lowest BCUT2D eigenvalue weighted by Crippen LogP contribution is -2.53. The molecule has 32 heavy (non-hydrogen) atoms. The van der Waals surface area contributed by atoms with Crippen LogP contribution in [0.3, 0.4) is 0 Å². The summed E-state index contributed by atoms with van der Waals surface area (Å²) in [6, 6.07) is 7.73. The van der Waals surface area contributed by atoms with Crippen LogP contribution in [0.4, 0.5) is 27.6 Å². The Morgan fingerprint density at radius 3 is 2.22 bits per heavy atom. The third-order valence-corrected chi connectivity index (χ3v) is 6.40. The van der Waals surface area contributed by atoms with Crippen LogP contribution in [0.5, 0.6) is 5.75 Å². The summed E-state index contributed by atoms with van der Waals surface area (Å²) in [5.74, 6) is -3.43. The number of carboxylic acids is 1. The SMILES string of the molecule is CC1CN(c2ccc(OC(F)(F)F)cc2)CC(C)N1Sc1ccc(F)c(CC(=O)O)c1F. The molecule has 11 heteroatoms. The van der Waals surface area contributed by atoms with Gasteiger partial charge in [-0.2, -0.15) is 0 Å². The zero-order valence-corrected chi connectivity index (χ0v) is 18.0. The number of nitrogens with zero attached hydrogens (tertiary/aromatic N) is 2. The number of alkyl halides is 3. The maximum absolute atomic E-state index is 14.7. The maximum atomic E-state index is 14.7. The van der Waals surface area contributed by atoms with Crippen molar-refractivity contribution >= 4 is 23.6 Å². The van der Waals surface area contributed by atoms with Crippen LogP contribution in [0.15, 0.2) is 41.3 Å². The molecule has 0 radical (unpaired) electrons. The van der Waals surface area contributed by atoms with Crippen LogP contribution in [0, 0.1) is 11.6 Å². The average molecular weight is 476 g/mol. The van der Waals surface area contributed by atoms with Crippen molar-refractivity contribution in [1.82, 2.24) is 4.31 Å². The van der Waals surface area contributed by atoms with Crippen molar-refractivity contribution in [3.63, 3.8) is 0 Å². The van der Waals surface area contributed by atoms with Crippen molar-refractivity contribution in [1.29, 1.82) is 0 Å². The van der Waals surface area contributed by atoms with Crippen LogP contribution >= 0.6 is 11.9 Å². The number of hydrogen-bond donors (Lipinski definition) is 1. The molecule has 174 valence electrons. The Morgan fingerprint density at radius 1 is 1.09 bits per heavy atom. The number of carbonyl (C=O) groups is 1. The van der Waals surface area contributed by atoms with Gasteiger partial charge in [-0.3, -0.25) is 4.79 Å². The maximum Gasteiger partial charge on any atom is 0.573 e. The van der Waals surface area contributed by atoms with Gasteiger partial charge >= 0.3 is 12.3 Å². The quantitative estimate of drug-likeness (QED) is 0.463. The minimum absolute atomic E-state index is 0.0952. The summed E-state index contributed by atoms with van der Waals surface area (Å²) in [4.78, 5) is 13.0. The molecule has 1 aliphatic heterocycles. The molecule has 0 saturated carbocycles. The van der Waals surface area contributed by atoms with Gasteiger partial charge in [0.1, 0.15) is 17.4 Å². The predicted molar refractivity (Wildman–Crippen MR) is 110 cm³/mol. The Balaban J connectivity index is 1.71. The monoisotopic (exact) mass is 476 g/mol. The van der Waals surface area contributed by atoms with Crippen molar-refractivity contribution in [2.24, 2.45) is 0 Å². The lowest BCUT2D eigenvalue weighted by atomic mass is 10.1. The first-order chi connectivity index (χ1) is 14.9. The van der Waals surface area contributed by atoms with E-state index in [1.54, 1.807) is 12.1 Å². The lowest BCUT2D eigenvalue weighted by Gasteiger charge is -2.44. The fourth-order valence-corrected chi connectivity index (χ4v) is 4.68. The van der Waals surface area contributed by atoms with E-state index < -0.39 is 36.0 Å². The van der Waals surface area contributed by atoms with E-state index in [4.69, 9.17) is 5.11 Å². The number of hydrogen-bond acceptors (Lipinski definition) is 5. The summed E-state index contributed by atoms with van der Waals surface area (Å²) in [6.07, 6.45) is -5.51. The molecule has 2 aromatic carbocycles. The summed E-state index contributed by atoms with van der Waals surface area (Å²) >= 11 is 1.09. The first kappa shape index (κ1) is 24.1. The van der Waals surface area contributed by atoms with Crippen LogP contribution in [-0.4, -0.2) is 46.9 Å². The second-order valence-corrected chi connectivity index (χ2v) is 8.55. The Kier molecular flexibility index (Phi) is 7.19. The molecule has 1 N–H and O–H groups in total. The standard InChI is InChI=1S/C21H21F5N2O3S/c1-12-10-27(14-3-5-15(6-4-14)31-21(24,25)26)11-13(2)28(12)32-18-8-7-17(22)16(20(18)23)9-19(29)30/h3-8,12-13H,9-11H2,1-2H3,(H,29,30). The van der Waals surface area contributed by atoms with Crippen LogP contribution in [0.25, 0.3) is 0 Å². The molecular formula is C21H21F5N2O3S. The van der Waals surface area contributed by atoms with Crippen molar-refractivity contribution < 1.29 is 36.6 Å². The number of piperazine rings is 1. The van der Waals surface area contributed by atoms with Gasteiger partial charge in [0.05, 0.1) is 11.3 Å². The van der Waals surface area contributed by atoms with Crippen molar-refractivity contribution in [2.45, 2.75) is 43.6 Å². The van der Waals surface area contributed by atoms with E-state index in [-0.39, 0.29) is 22.7 Å². The second-order valence-electron chi connectivity index (χ2n) is 7.50. The minimum Gasteiger partial charge on any atom is -0.481 e. The van der Waals surface area contributed by atoms with Gasteiger partial charge in [-0.15, -0.1) is 13.2 Å². The molecule has 1 fully saturated rings. The van der Waals surface area contributed by atoms with Crippen LogP contribution in [0.2, 0.25) is 0 Å². The first-order valence-electron chi connectivity index (χ1n) is 9.70. The Labute approximate surface area is 185 Å². The number of halogens is 5. The number of ether oxygens (including phenoxy) is 1. The molecule has 2 unspecified atom stereocenters. The molecule has 0 bridgehead atoms. The molecule has 1 saturated heterocycles. The van der Waals surface area contributed by atoms with E-state index >= 15 is 0 Å². The van der Waals surface area contributed by atoms with Gasteiger partial charge in [-0.05, 0) is 62.2 Å². The van der Waals surface area contributed by atoms with Crippen molar-refractivity contribution in [2.75, 3.05) is 18.0 Å². The number of carboxylic acid groups (broad SMARTS) is 1. The van der Waals surface area contributed by atoms with E-state index in [0.29, 0.717) is 13.1 Å². The van der Waals surface area contributed by atoms with Gasteiger partial charge < -0.3 is 14.7 Å². The molecule has 1 aliphatic rings. The fourth-order valence-electron chi connectivity index (χ4n) is 3.63. The van der Waals surface area contributed by atoms with Gasteiger partial charge in [0.25, 0.3) is 0 Å². The average Bonchev–Trinajstić information content (AvgIpc) is 2.68. The summed E-state index contributed by atoms with van der Waals surface area (Å²) in [7, 11) is 0. The molecule has 0 aromatic heterocycles. The number of anilines is 1. The first-order valence-corrected chi connectivity index (χ1v) is 10.5. The van der Waals surface area contributed by atoms with E-state index in [1.807, 2.05) is 23.1 Å². The summed E-state index contributed by atoms with van der Waals surface area (Å²) < 4.78 is 71.5. The molecule has 5 nitrogen and oxygen atoms in total. The lowest BCUT2D eigenvalue weighted by molar-refractivity contribution is -0.274. The topological polar surface area (TPSA) is 53.0 Å². The molecule has 2 aromatic rings. The third kappa shape index (κ3) is 5.83. The molecule has 0 aliphatic carbocycles. The van der Waals surface area contributed by atoms with Gasteiger partial charge in [0, 0.05) is 36.4 Å². The van der Waals surface area contributed by atoms with Crippen molar-refractivity contribution in [3.05, 3.63) is 53.6 Å². The highest BCUT2D eigenvalue weighted by Crippen LogP contribution is 2.35. The largest absolute Gasteiger partial charge is 0.573 e. The van der Waals surface area contributed by atoms with E-state index in [9.17, 15) is 26.7 Å². The zero-order valence-electron chi connectivity index (χ0n) is 17.2. The van der Waals surface area contributed by atoms with Gasteiger partial charge in [0.2, 0.25) is 0 Å². The van der Waals surface area contributed by atoms with Crippen LogP contribution in [0.1, 0.15) is 19.4 Å². The van der Waals surface area contributed by atoms with E-state index in [2.05, 4.69) is 4.74 Å². The number of rotatable bonds is 6. The molecule has 0 spiro atoms. The zero-order chi connectivity index (χ0) is 23.6.